The number of para-hydroxylation sites is 1. The van der Waals surface area contributed by atoms with E-state index in [4.69, 9.17) is 4.74 Å². The van der Waals surface area contributed by atoms with Gasteiger partial charge < -0.3 is 9.84 Å². The summed E-state index contributed by atoms with van der Waals surface area (Å²) in [5, 5.41) is 11.6. The molecule has 0 fully saturated rings. The fraction of sp³-hybridized carbons (Fsp3) is 0.143. The van der Waals surface area contributed by atoms with Gasteiger partial charge in [0.2, 0.25) is 0 Å². The summed E-state index contributed by atoms with van der Waals surface area (Å²) < 4.78 is 5.61. The topological polar surface area (TPSA) is 29.5 Å². The highest BCUT2D eigenvalue weighted by molar-refractivity contribution is 5.80. The molecule has 2 aliphatic carbocycles. The van der Waals surface area contributed by atoms with Gasteiger partial charge in [-0.25, -0.2) is 0 Å². The summed E-state index contributed by atoms with van der Waals surface area (Å²) in [7, 11) is 1.68. The molecule has 0 bridgehead atoms. The quantitative estimate of drug-likeness (QED) is 0.783. The second kappa shape index (κ2) is 4.03. The van der Waals surface area contributed by atoms with Gasteiger partial charge in [-0.05, 0) is 28.3 Å². The maximum Gasteiger partial charge on any atom is 0.133 e. The third kappa shape index (κ3) is 1.16. The lowest BCUT2D eigenvalue weighted by molar-refractivity contribution is -0.0352. The summed E-state index contributed by atoms with van der Waals surface area (Å²) in [6.45, 7) is 0. The smallest absolute Gasteiger partial charge is 0.133 e. The van der Waals surface area contributed by atoms with Gasteiger partial charge in [0.25, 0.3) is 0 Å². The Balaban J connectivity index is 1.91. The monoisotopic (exact) mass is 300 g/mol. The van der Waals surface area contributed by atoms with Crippen molar-refractivity contribution < 1.29 is 9.84 Å². The standard InChI is InChI=1S/C21H16O2/c1-23-19-13-7-6-12-18(19)20-14-8-2-4-10-16(14)21(20,22)17-11-5-3-9-15(17)20/h2-13,22H,1H3. The van der Waals surface area contributed by atoms with Crippen molar-refractivity contribution in [3.8, 4) is 5.75 Å². The molecule has 0 saturated heterocycles. The number of fused-ring (bicyclic) bond motifs is 7. The van der Waals surface area contributed by atoms with Crippen LogP contribution in [0.4, 0.5) is 0 Å². The van der Waals surface area contributed by atoms with E-state index in [9.17, 15) is 5.11 Å². The first-order valence-electron chi connectivity index (χ1n) is 7.82. The molecule has 2 aliphatic rings. The first-order valence-corrected chi connectivity index (χ1v) is 7.82. The van der Waals surface area contributed by atoms with Gasteiger partial charge in [-0.15, -0.1) is 0 Å². The highest BCUT2D eigenvalue weighted by atomic mass is 16.5. The van der Waals surface area contributed by atoms with Crippen LogP contribution in [0.2, 0.25) is 0 Å². The van der Waals surface area contributed by atoms with E-state index in [1.807, 2.05) is 54.6 Å². The molecule has 0 atom stereocenters. The number of methoxy groups -OCH3 is 1. The van der Waals surface area contributed by atoms with Gasteiger partial charge in [0.15, 0.2) is 0 Å². The molecule has 2 heteroatoms. The van der Waals surface area contributed by atoms with Gasteiger partial charge in [-0.3, -0.25) is 0 Å². The molecule has 0 radical (unpaired) electrons. The molecule has 2 nitrogen and oxygen atoms in total. The van der Waals surface area contributed by atoms with E-state index >= 15 is 0 Å². The molecular formula is C21H16O2. The van der Waals surface area contributed by atoms with E-state index in [0.717, 1.165) is 22.4 Å². The van der Waals surface area contributed by atoms with Gasteiger partial charge in [0.05, 0.1) is 12.5 Å². The van der Waals surface area contributed by atoms with Gasteiger partial charge in [-0.1, -0.05) is 66.7 Å². The van der Waals surface area contributed by atoms with E-state index in [0.29, 0.717) is 0 Å². The van der Waals surface area contributed by atoms with Crippen molar-refractivity contribution >= 4 is 0 Å². The second-order valence-electron chi connectivity index (χ2n) is 6.25. The van der Waals surface area contributed by atoms with Crippen LogP contribution in [0.3, 0.4) is 0 Å². The molecule has 3 aromatic rings. The number of hydrogen-bond donors (Lipinski definition) is 1. The van der Waals surface area contributed by atoms with Crippen LogP contribution in [-0.4, -0.2) is 12.2 Å². The molecule has 23 heavy (non-hydrogen) atoms. The maximum absolute atomic E-state index is 11.6. The molecule has 0 amide bonds. The summed E-state index contributed by atoms with van der Waals surface area (Å²) in [4.78, 5) is 0. The molecule has 0 unspecified atom stereocenters. The average Bonchev–Trinajstić information content (AvgIpc) is 2.62. The fourth-order valence-electron chi connectivity index (χ4n) is 4.65. The average molecular weight is 300 g/mol. The third-order valence-electron chi connectivity index (χ3n) is 5.50. The van der Waals surface area contributed by atoms with Crippen molar-refractivity contribution in [1.82, 2.24) is 0 Å². The van der Waals surface area contributed by atoms with Crippen molar-refractivity contribution in [3.05, 3.63) is 101 Å². The second-order valence-corrected chi connectivity index (χ2v) is 6.25. The lowest BCUT2D eigenvalue weighted by Crippen LogP contribution is -2.68. The summed E-state index contributed by atoms with van der Waals surface area (Å²) in [5.74, 6) is 0.815. The number of aliphatic hydroxyl groups is 1. The number of rotatable bonds is 2. The fourth-order valence-corrected chi connectivity index (χ4v) is 4.65. The van der Waals surface area contributed by atoms with Crippen LogP contribution in [0.5, 0.6) is 5.75 Å². The summed E-state index contributed by atoms with van der Waals surface area (Å²) >= 11 is 0. The molecule has 5 rings (SSSR count). The van der Waals surface area contributed by atoms with E-state index < -0.39 is 11.0 Å². The predicted molar refractivity (Wildman–Crippen MR) is 88.8 cm³/mol. The number of ether oxygens (including phenoxy) is 1. The van der Waals surface area contributed by atoms with Crippen LogP contribution >= 0.6 is 0 Å². The Bertz CT molecular complexity index is 894. The molecule has 0 aromatic heterocycles. The van der Waals surface area contributed by atoms with Crippen LogP contribution < -0.4 is 4.74 Å². The van der Waals surface area contributed by atoms with E-state index in [2.05, 4.69) is 18.2 Å². The third-order valence-corrected chi connectivity index (χ3v) is 5.50. The zero-order chi connectivity index (χ0) is 15.7. The zero-order valence-corrected chi connectivity index (χ0v) is 12.8. The minimum atomic E-state index is -0.963. The Morgan fingerprint density at radius 1 is 0.652 bits per heavy atom. The molecule has 0 spiro atoms. The normalized spacial score (nSPS) is 26.2. The van der Waals surface area contributed by atoms with Crippen LogP contribution in [0.25, 0.3) is 0 Å². The van der Waals surface area contributed by atoms with E-state index in [-0.39, 0.29) is 0 Å². The Kier molecular flexibility index (Phi) is 2.26. The van der Waals surface area contributed by atoms with Gasteiger partial charge in [0.1, 0.15) is 11.4 Å². The highest BCUT2D eigenvalue weighted by Crippen LogP contribution is 2.73. The van der Waals surface area contributed by atoms with Crippen LogP contribution in [0, 0.1) is 0 Å². The van der Waals surface area contributed by atoms with E-state index in [1.54, 1.807) is 7.11 Å². The highest BCUT2D eigenvalue weighted by Gasteiger charge is 2.73. The van der Waals surface area contributed by atoms with Crippen molar-refractivity contribution in [3.63, 3.8) is 0 Å². The Morgan fingerprint density at radius 3 is 1.61 bits per heavy atom. The molecular weight excluding hydrogens is 284 g/mol. The van der Waals surface area contributed by atoms with Crippen molar-refractivity contribution in [1.29, 1.82) is 0 Å². The first-order chi connectivity index (χ1) is 11.3. The molecule has 0 heterocycles. The van der Waals surface area contributed by atoms with Crippen molar-refractivity contribution in [2.45, 2.75) is 11.0 Å². The van der Waals surface area contributed by atoms with Crippen LogP contribution in [0.1, 0.15) is 27.8 Å². The summed E-state index contributed by atoms with van der Waals surface area (Å²) in [5.41, 5.74) is 3.90. The largest absolute Gasteiger partial charge is 0.496 e. The van der Waals surface area contributed by atoms with Crippen molar-refractivity contribution in [2.24, 2.45) is 0 Å². The van der Waals surface area contributed by atoms with Gasteiger partial charge in [-0.2, -0.15) is 0 Å². The number of hydrogen-bond acceptors (Lipinski definition) is 2. The molecule has 1 N–H and O–H groups in total. The number of benzene rings is 3. The minimum Gasteiger partial charge on any atom is -0.496 e. The molecule has 112 valence electrons. The van der Waals surface area contributed by atoms with Gasteiger partial charge >= 0.3 is 0 Å². The molecule has 0 saturated carbocycles. The summed E-state index contributed by atoms with van der Waals surface area (Å²) in [6, 6.07) is 24.3. The zero-order valence-electron chi connectivity index (χ0n) is 12.8. The summed E-state index contributed by atoms with van der Waals surface area (Å²) in [6.07, 6.45) is 0. The molecule has 0 aliphatic heterocycles. The van der Waals surface area contributed by atoms with Crippen LogP contribution in [0.15, 0.2) is 72.8 Å². The molecule has 3 aromatic carbocycles. The lowest BCUT2D eigenvalue weighted by Gasteiger charge is -2.66. The Labute approximate surface area is 135 Å². The van der Waals surface area contributed by atoms with Crippen LogP contribution in [-0.2, 0) is 11.0 Å². The Hall–Kier alpha value is -2.58. The SMILES string of the molecule is COc1ccccc1C12c3ccccc3C1(O)c1ccccc12. The predicted octanol–water partition coefficient (Wildman–Crippen LogP) is 3.59. The van der Waals surface area contributed by atoms with E-state index in [1.165, 1.54) is 11.1 Å². The van der Waals surface area contributed by atoms with Gasteiger partial charge in [0, 0.05) is 5.56 Å². The maximum atomic E-state index is 11.6. The first kappa shape index (κ1) is 12.9. The minimum absolute atomic E-state index is 0.521. The Morgan fingerprint density at radius 2 is 1.09 bits per heavy atom. The van der Waals surface area contributed by atoms with Crippen molar-refractivity contribution in [2.75, 3.05) is 7.11 Å². The lowest BCUT2D eigenvalue weighted by atomic mass is 9.37.